The highest BCUT2D eigenvalue weighted by Gasteiger charge is 2.18. The molecule has 20 heavy (non-hydrogen) atoms. The predicted octanol–water partition coefficient (Wildman–Crippen LogP) is 1.99. The second-order valence-electron chi connectivity index (χ2n) is 4.94. The second kappa shape index (κ2) is 7.82. The largest absolute Gasteiger partial charge is 0.392 e. The smallest absolute Gasteiger partial charge is 0.243 e. The average Bonchev–Trinajstić information content (AvgIpc) is 2.50. The van der Waals surface area contributed by atoms with Crippen molar-refractivity contribution in [1.29, 1.82) is 0 Å². The summed E-state index contributed by atoms with van der Waals surface area (Å²) in [5.41, 5.74) is 9.11. The van der Waals surface area contributed by atoms with Gasteiger partial charge in [0.1, 0.15) is 0 Å². The lowest BCUT2D eigenvalue weighted by Gasteiger charge is -2.23. The molecule has 2 atom stereocenters. The maximum absolute atomic E-state index is 11.2. The fourth-order valence-electron chi connectivity index (χ4n) is 2.26. The zero-order valence-electron chi connectivity index (χ0n) is 12.2. The molecule has 4 nitrogen and oxygen atoms in total. The summed E-state index contributed by atoms with van der Waals surface area (Å²) in [6.07, 6.45) is 2.22. The van der Waals surface area contributed by atoms with Crippen molar-refractivity contribution in [1.82, 2.24) is 5.32 Å². The topological polar surface area (TPSA) is 75.4 Å². The molecule has 0 aliphatic rings. The first kappa shape index (κ1) is 16.4. The zero-order chi connectivity index (χ0) is 15.1. The molecule has 0 aromatic heterocycles. The first-order chi connectivity index (χ1) is 9.54. The first-order valence-electron chi connectivity index (χ1n) is 6.93. The Hall–Kier alpha value is -1.65. The van der Waals surface area contributed by atoms with Crippen molar-refractivity contribution < 1.29 is 9.90 Å². The SMILES string of the molecule is C=CC(=O)NCC(N)c1c(CO)cccc1C(C)CC. The van der Waals surface area contributed by atoms with E-state index in [-0.39, 0.29) is 18.6 Å². The summed E-state index contributed by atoms with van der Waals surface area (Å²) >= 11 is 0. The van der Waals surface area contributed by atoms with E-state index < -0.39 is 0 Å². The highest BCUT2D eigenvalue weighted by atomic mass is 16.3. The van der Waals surface area contributed by atoms with E-state index >= 15 is 0 Å². The van der Waals surface area contributed by atoms with Gasteiger partial charge in [-0.3, -0.25) is 4.79 Å². The number of benzene rings is 1. The average molecular weight is 276 g/mol. The molecule has 4 heteroatoms. The number of amides is 1. The molecule has 1 amide bonds. The maximum atomic E-state index is 11.2. The molecule has 0 radical (unpaired) electrons. The molecule has 2 unspecified atom stereocenters. The third-order valence-electron chi connectivity index (χ3n) is 3.60. The van der Waals surface area contributed by atoms with Gasteiger partial charge in [-0.1, -0.05) is 38.6 Å². The van der Waals surface area contributed by atoms with Gasteiger partial charge < -0.3 is 16.2 Å². The van der Waals surface area contributed by atoms with Crippen molar-refractivity contribution in [2.45, 2.75) is 38.8 Å². The van der Waals surface area contributed by atoms with Crippen molar-refractivity contribution in [3.8, 4) is 0 Å². The minimum atomic E-state index is -0.341. The number of carbonyl (C=O) groups is 1. The molecule has 0 aliphatic heterocycles. The Labute approximate surface area is 120 Å². The van der Waals surface area contributed by atoms with E-state index in [4.69, 9.17) is 5.73 Å². The van der Waals surface area contributed by atoms with Crippen LogP contribution in [-0.2, 0) is 11.4 Å². The van der Waals surface area contributed by atoms with E-state index in [0.717, 1.165) is 23.1 Å². The third kappa shape index (κ3) is 3.92. The van der Waals surface area contributed by atoms with Crippen LogP contribution >= 0.6 is 0 Å². The molecule has 0 saturated heterocycles. The predicted molar refractivity (Wildman–Crippen MR) is 81.2 cm³/mol. The van der Waals surface area contributed by atoms with Gasteiger partial charge in [-0.2, -0.15) is 0 Å². The standard InChI is InChI=1S/C16H24N2O2/c1-4-11(3)13-8-6-7-12(10-19)16(13)14(17)9-18-15(20)5-2/h5-8,11,14,19H,2,4,9-10,17H2,1,3H3,(H,18,20). The van der Waals surface area contributed by atoms with Crippen LogP contribution in [0.3, 0.4) is 0 Å². The van der Waals surface area contributed by atoms with E-state index in [0.29, 0.717) is 12.5 Å². The highest BCUT2D eigenvalue weighted by Crippen LogP contribution is 2.29. The summed E-state index contributed by atoms with van der Waals surface area (Å²) < 4.78 is 0. The Bertz CT molecular complexity index is 472. The number of aliphatic hydroxyl groups is 1. The number of nitrogens with one attached hydrogen (secondary N) is 1. The van der Waals surface area contributed by atoms with Crippen LogP contribution in [0.15, 0.2) is 30.9 Å². The van der Waals surface area contributed by atoms with Gasteiger partial charge in [0.15, 0.2) is 0 Å². The molecule has 110 valence electrons. The van der Waals surface area contributed by atoms with Crippen molar-refractivity contribution >= 4 is 5.91 Å². The summed E-state index contributed by atoms with van der Waals surface area (Å²) in [5, 5.41) is 12.2. The van der Waals surface area contributed by atoms with Gasteiger partial charge in [0.25, 0.3) is 0 Å². The number of hydrogen-bond acceptors (Lipinski definition) is 3. The van der Waals surface area contributed by atoms with Gasteiger partial charge in [-0.25, -0.2) is 0 Å². The molecular weight excluding hydrogens is 252 g/mol. The number of nitrogens with two attached hydrogens (primary N) is 1. The van der Waals surface area contributed by atoms with E-state index in [2.05, 4.69) is 25.7 Å². The van der Waals surface area contributed by atoms with Gasteiger partial charge in [0, 0.05) is 12.6 Å². The molecular formula is C16H24N2O2. The monoisotopic (exact) mass is 276 g/mol. The Balaban J connectivity index is 3.06. The quantitative estimate of drug-likeness (QED) is 0.667. The maximum Gasteiger partial charge on any atom is 0.243 e. The van der Waals surface area contributed by atoms with E-state index in [1.165, 1.54) is 6.08 Å². The fraction of sp³-hybridized carbons (Fsp3) is 0.438. The summed E-state index contributed by atoms with van der Waals surface area (Å²) in [5.74, 6) is 0.115. The van der Waals surface area contributed by atoms with Gasteiger partial charge in [-0.05, 0) is 35.1 Å². The minimum absolute atomic E-state index is 0.0529. The Kier molecular flexibility index (Phi) is 6.42. The van der Waals surface area contributed by atoms with E-state index in [1.54, 1.807) is 0 Å². The second-order valence-corrected chi connectivity index (χ2v) is 4.94. The number of hydrogen-bond donors (Lipinski definition) is 3. The lowest BCUT2D eigenvalue weighted by molar-refractivity contribution is -0.116. The van der Waals surface area contributed by atoms with Gasteiger partial charge in [0.2, 0.25) is 5.91 Å². The summed E-state index contributed by atoms with van der Waals surface area (Å²) in [6, 6.07) is 5.51. The molecule has 0 bridgehead atoms. The molecule has 1 aromatic rings. The number of rotatable bonds is 7. The van der Waals surface area contributed by atoms with Crippen molar-refractivity contribution in [2.24, 2.45) is 5.73 Å². The Morgan fingerprint density at radius 2 is 2.25 bits per heavy atom. The summed E-state index contributed by atoms with van der Waals surface area (Å²) in [7, 11) is 0. The van der Waals surface area contributed by atoms with Crippen LogP contribution in [0.25, 0.3) is 0 Å². The van der Waals surface area contributed by atoms with Crippen molar-refractivity contribution in [2.75, 3.05) is 6.54 Å². The Morgan fingerprint density at radius 1 is 1.55 bits per heavy atom. The lowest BCUT2D eigenvalue weighted by atomic mass is 9.87. The van der Waals surface area contributed by atoms with Crippen LogP contribution < -0.4 is 11.1 Å². The molecule has 0 saturated carbocycles. The van der Waals surface area contributed by atoms with Crippen molar-refractivity contribution in [3.63, 3.8) is 0 Å². The fourth-order valence-corrected chi connectivity index (χ4v) is 2.26. The zero-order valence-corrected chi connectivity index (χ0v) is 12.2. The van der Waals surface area contributed by atoms with Gasteiger partial charge >= 0.3 is 0 Å². The highest BCUT2D eigenvalue weighted by molar-refractivity contribution is 5.86. The molecule has 0 spiro atoms. The van der Waals surface area contributed by atoms with Crippen molar-refractivity contribution in [3.05, 3.63) is 47.5 Å². The van der Waals surface area contributed by atoms with Gasteiger partial charge in [-0.15, -0.1) is 0 Å². The summed E-state index contributed by atoms with van der Waals surface area (Å²) in [4.78, 5) is 11.2. The van der Waals surface area contributed by atoms with E-state index in [9.17, 15) is 9.90 Å². The molecule has 0 heterocycles. The minimum Gasteiger partial charge on any atom is -0.392 e. The molecule has 4 N–H and O–H groups in total. The normalized spacial score (nSPS) is 13.6. The van der Waals surface area contributed by atoms with Crippen LogP contribution in [0.1, 0.15) is 48.9 Å². The summed E-state index contributed by atoms with van der Waals surface area (Å²) in [6.45, 7) is 7.93. The Morgan fingerprint density at radius 3 is 2.80 bits per heavy atom. The van der Waals surface area contributed by atoms with Crippen LogP contribution in [0.5, 0.6) is 0 Å². The first-order valence-corrected chi connectivity index (χ1v) is 6.93. The lowest BCUT2D eigenvalue weighted by Crippen LogP contribution is -2.32. The van der Waals surface area contributed by atoms with Crippen LogP contribution in [-0.4, -0.2) is 17.6 Å². The van der Waals surface area contributed by atoms with Crippen LogP contribution in [0, 0.1) is 0 Å². The molecule has 1 rings (SSSR count). The van der Waals surface area contributed by atoms with Crippen LogP contribution in [0.4, 0.5) is 0 Å². The van der Waals surface area contributed by atoms with E-state index in [1.807, 2.05) is 18.2 Å². The molecule has 0 aliphatic carbocycles. The van der Waals surface area contributed by atoms with Gasteiger partial charge in [0.05, 0.1) is 6.61 Å². The molecule has 1 aromatic carbocycles. The van der Waals surface area contributed by atoms with Crippen LogP contribution in [0.2, 0.25) is 0 Å². The third-order valence-corrected chi connectivity index (χ3v) is 3.60. The number of aliphatic hydroxyl groups excluding tert-OH is 1. The number of carbonyl (C=O) groups excluding carboxylic acids is 1. The molecule has 0 fully saturated rings.